The summed E-state index contributed by atoms with van der Waals surface area (Å²) in [4.78, 5) is 4.63. The van der Waals surface area contributed by atoms with E-state index < -0.39 is 0 Å². The average molecular weight is 282 g/mol. The predicted molar refractivity (Wildman–Crippen MR) is 86.3 cm³/mol. The van der Waals surface area contributed by atoms with Crippen molar-refractivity contribution in [3.63, 3.8) is 0 Å². The van der Waals surface area contributed by atoms with Gasteiger partial charge >= 0.3 is 0 Å². The number of aryl methyl sites for hydroxylation is 1. The van der Waals surface area contributed by atoms with E-state index in [0.717, 1.165) is 17.8 Å². The molecule has 0 aliphatic rings. The first-order valence-corrected chi connectivity index (χ1v) is 7.85. The molecule has 3 heteroatoms. The molecule has 0 aliphatic carbocycles. The molecule has 0 saturated heterocycles. The van der Waals surface area contributed by atoms with Crippen molar-refractivity contribution < 1.29 is 0 Å². The third-order valence-electron chi connectivity index (χ3n) is 3.47. The van der Waals surface area contributed by atoms with Gasteiger partial charge in [0, 0.05) is 11.1 Å². The summed E-state index contributed by atoms with van der Waals surface area (Å²) in [6.45, 7) is 5.15. The molecule has 0 amide bonds. The number of pyridine rings is 1. The van der Waals surface area contributed by atoms with Gasteiger partial charge in [0.25, 0.3) is 0 Å². The lowest BCUT2D eigenvalue weighted by atomic mass is 9.96. The number of nitrogens with zero attached hydrogens (tertiary/aromatic N) is 1. The number of hydrogen-bond acceptors (Lipinski definition) is 3. The summed E-state index contributed by atoms with van der Waals surface area (Å²) in [5.41, 5.74) is 4.78. The topological polar surface area (TPSA) is 24.9 Å². The molecule has 1 unspecified atom stereocenters. The average Bonchev–Trinajstić information content (AvgIpc) is 2.98. The molecule has 102 valence electrons. The van der Waals surface area contributed by atoms with E-state index in [2.05, 4.69) is 65.2 Å². The summed E-state index contributed by atoms with van der Waals surface area (Å²) in [7, 11) is 0. The lowest BCUT2D eigenvalue weighted by Gasteiger charge is -2.20. The highest BCUT2D eigenvalue weighted by Gasteiger charge is 2.17. The second-order valence-electron chi connectivity index (χ2n) is 4.92. The molecule has 0 fully saturated rings. The van der Waals surface area contributed by atoms with Crippen LogP contribution in [0, 0.1) is 6.92 Å². The van der Waals surface area contributed by atoms with Gasteiger partial charge in [-0.15, -0.1) is 0 Å². The number of rotatable bonds is 4. The first-order chi connectivity index (χ1) is 9.79. The molecule has 0 bridgehead atoms. The van der Waals surface area contributed by atoms with Gasteiger partial charge < -0.3 is 5.32 Å². The lowest BCUT2D eigenvalue weighted by molar-refractivity contribution is 0.635. The molecule has 2 aromatic heterocycles. The van der Waals surface area contributed by atoms with E-state index in [0.29, 0.717) is 0 Å². The zero-order valence-corrected chi connectivity index (χ0v) is 12.6. The van der Waals surface area contributed by atoms with E-state index in [-0.39, 0.29) is 6.04 Å². The zero-order valence-electron chi connectivity index (χ0n) is 11.8. The molecular formula is C17H18N2S. The van der Waals surface area contributed by atoms with Gasteiger partial charge in [0.05, 0.1) is 11.6 Å². The molecule has 2 heterocycles. The van der Waals surface area contributed by atoms with E-state index in [1.807, 2.05) is 6.07 Å². The van der Waals surface area contributed by atoms with Crippen LogP contribution >= 0.6 is 11.3 Å². The first-order valence-electron chi connectivity index (χ1n) is 6.91. The van der Waals surface area contributed by atoms with E-state index in [4.69, 9.17) is 0 Å². The maximum atomic E-state index is 4.63. The SMILES string of the molecule is CCNC(c1ccsc1)c1cc(C)nc2ccccc12. The van der Waals surface area contributed by atoms with E-state index >= 15 is 0 Å². The molecule has 0 saturated carbocycles. The highest BCUT2D eigenvalue weighted by atomic mass is 32.1. The second kappa shape index (κ2) is 5.73. The Morgan fingerprint density at radius 2 is 2.10 bits per heavy atom. The summed E-state index contributed by atoms with van der Waals surface area (Å²) in [5, 5.41) is 9.19. The van der Waals surface area contributed by atoms with E-state index in [1.165, 1.54) is 16.5 Å². The fourth-order valence-electron chi connectivity index (χ4n) is 2.63. The van der Waals surface area contributed by atoms with Gasteiger partial charge in [-0.3, -0.25) is 4.98 Å². The number of benzene rings is 1. The van der Waals surface area contributed by atoms with Gasteiger partial charge in [-0.05, 0) is 53.6 Å². The van der Waals surface area contributed by atoms with Gasteiger partial charge in [0.1, 0.15) is 0 Å². The molecule has 0 spiro atoms. The summed E-state index contributed by atoms with van der Waals surface area (Å²) >= 11 is 1.74. The van der Waals surface area contributed by atoms with E-state index in [9.17, 15) is 0 Å². The van der Waals surface area contributed by atoms with Gasteiger partial charge in [-0.2, -0.15) is 11.3 Å². The van der Waals surface area contributed by atoms with Crippen LogP contribution in [-0.4, -0.2) is 11.5 Å². The van der Waals surface area contributed by atoms with Crippen molar-refractivity contribution in [2.45, 2.75) is 19.9 Å². The summed E-state index contributed by atoms with van der Waals surface area (Å²) in [6, 6.07) is 13.0. The van der Waals surface area contributed by atoms with E-state index in [1.54, 1.807) is 11.3 Å². The fourth-order valence-corrected chi connectivity index (χ4v) is 3.32. The normalized spacial score (nSPS) is 12.7. The Morgan fingerprint density at radius 1 is 1.25 bits per heavy atom. The van der Waals surface area contributed by atoms with Crippen LogP contribution in [0.5, 0.6) is 0 Å². The molecule has 0 radical (unpaired) electrons. The monoisotopic (exact) mass is 282 g/mol. The van der Waals surface area contributed by atoms with Gasteiger partial charge in [0.2, 0.25) is 0 Å². The smallest absolute Gasteiger partial charge is 0.0708 e. The van der Waals surface area contributed by atoms with Crippen molar-refractivity contribution in [3.8, 4) is 0 Å². The van der Waals surface area contributed by atoms with Crippen molar-refractivity contribution in [1.29, 1.82) is 0 Å². The van der Waals surface area contributed by atoms with Crippen molar-refractivity contribution in [1.82, 2.24) is 10.3 Å². The number of nitrogens with one attached hydrogen (secondary N) is 1. The minimum atomic E-state index is 0.234. The zero-order chi connectivity index (χ0) is 13.9. The predicted octanol–water partition coefficient (Wildman–Crippen LogP) is 4.30. The summed E-state index contributed by atoms with van der Waals surface area (Å²) < 4.78 is 0. The molecule has 3 aromatic rings. The third-order valence-corrected chi connectivity index (χ3v) is 4.17. The van der Waals surface area contributed by atoms with Gasteiger partial charge in [0.15, 0.2) is 0 Å². The van der Waals surface area contributed by atoms with Crippen molar-refractivity contribution in [2.75, 3.05) is 6.54 Å². The van der Waals surface area contributed by atoms with Crippen LogP contribution in [0.15, 0.2) is 47.2 Å². The molecule has 3 rings (SSSR count). The van der Waals surface area contributed by atoms with Crippen molar-refractivity contribution in [2.24, 2.45) is 0 Å². The Labute approximate surface area is 123 Å². The molecule has 1 atom stereocenters. The number of para-hydroxylation sites is 1. The molecule has 1 aromatic carbocycles. The fraction of sp³-hybridized carbons (Fsp3) is 0.235. The molecule has 20 heavy (non-hydrogen) atoms. The van der Waals surface area contributed by atoms with Crippen LogP contribution in [0.25, 0.3) is 10.9 Å². The number of hydrogen-bond donors (Lipinski definition) is 1. The van der Waals surface area contributed by atoms with Crippen LogP contribution in [0.3, 0.4) is 0 Å². The Hall–Kier alpha value is -1.71. The lowest BCUT2D eigenvalue weighted by Crippen LogP contribution is -2.22. The Bertz CT molecular complexity index is 704. The number of thiophene rings is 1. The second-order valence-corrected chi connectivity index (χ2v) is 5.70. The van der Waals surface area contributed by atoms with Gasteiger partial charge in [-0.1, -0.05) is 25.1 Å². The Morgan fingerprint density at radius 3 is 2.85 bits per heavy atom. The van der Waals surface area contributed by atoms with Crippen LogP contribution < -0.4 is 5.32 Å². The number of aromatic nitrogens is 1. The molecular weight excluding hydrogens is 264 g/mol. The van der Waals surface area contributed by atoms with Crippen LogP contribution in [0.1, 0.15) is 29.8 Å². The molecule has 2 nitrogen and oxygen atoms in total. The first kappa shape index (κ1) is 13.3. The third kappa shape index (κ3) is 2.47. The van der Waals surface area contributed by atoms with Crippen LogP contribution in [0.4, 0.5) is 0 Å². The Balaban J connectivity index is 2.20. The van der Waals surface area contributed by atoms with Crippen molar-refractivity contribution >= 4 is 22.2 Å². The molecule has 0 aliphatic heterocycles. The molecule has 1 N–H and O–H groups in total. The van der Waals surface area contributed by atoms with Crippen molar-refractivity contribution in [3.05, 3.63) is 64.0 Å². The number of fused-ring (bicyclic) bond motifs is 1. The summed E-state index contributed by atoms with van der Waals surface area (Å²) in [6.07, 6.45) is 0. The Kier molecular flexibility index (Phi) is 3.81. The highest BCUT2D eigenvalue weighted by molar-refractivity contribution is 7.08. The quantitative estimate of drug-likeness (QED) is 0.771. The maximum Gasteiger partial charge on any atom is 0.0708 e. The minimum Gasteiger partial charge on any atom is -0.306 e. The van der Waals surface area contributed by atoms with Crippen LogP contribution in [0.2, 0.25) is 0 Å². The minimum absolute atomic E-state index is 0.234. The van der Waals surface area contributed by atoms with Crippen LogP contribution in [-0.2, 0) is 0 Å². The highest BCUT2D eigenvalue weighted by Crippen LogP contribution is 2.30. The largest absolute Gasteiger partial charge is 0.306 e. The standard InChI is InChI=1S/C17H18N2S/c1-3-18-17(13-8-9-20-11-13)15-10-12(2)19-16-7-5-4-6-14(15)16/h4-11,17-18H,3H2,1-2H3. The summed E-state index contributed by atoms with van der Waals surface area (Å²) in [5.74, 6) is 0. The maximum absolute atomic E-state index is 4.63. The van der Waals surface area contributed by atoms with Gasteiger partial charge in [-0.25, -0.2) is 0 Å².